The first-order chi connectivity index (χ1) is 17.3. The van der Waals surface area contributed by atoms with Gasteiger partial charge < -0.3 is 8.60 Å². The van der Waals surface area contributed by atoms with Gasteiger partial charge in [0.1, 0.15) is 23.5 Å². The maximum atomic E-state index is 13.4. The molecule has 1 aliphatic carbocycles. The van der Waals surface area contributed by atoms with Gasteiger partial charge in [0.15, 0.2) is 11.6 Å². The summed E-state index contributed by atoms with van der Waals surface area (Å²) in [7, 11) is -4.34. The summed E-state index contributed by atoms with van der Waals surface area (Å²) in [4.78, 5) is 23.9. The molecule has 1 aromatic carbocycles. The number of hydrogen-bond donors (Lipinski definition) is 1. The van der Waals surface area contributed by atoms with Crippen molar-refractivity contribution in [1.29, 1.82) is 0 Å². The number of hydrazine groups is 2. The van der Waals surface area contributed by atoms with Gasteiger partial charge in [-0.3, -0.25) is 4.90 Å². The second-order valence-corrected chi connectivity index (χ2v) is 9.87. The number of nitrogens with zero attached hydrogens (tertiary/aromatic N) is 6. The second-order valence-electron chi connectivity index (χ2n) is 8.65. The van der Waals surface area contributed by atoms with Gasteiger partial charge in [-0.2, -0.15) is 8.42 Å². The molecule has 4 aliphatic rings. The lowest BCUT2D eigenvalue weighted by atomic mass is 10.2. The molecule has 2 N–H and O–H groups in total. The highest BCUT2D eigenvalue weighted by molar-refractivity contribution is 7.82. The molecular formula is C22H23N7O6S. The van der Waals surface area contributed by atoms with E-state index in [1.165, 1.54) is 34.6 Å². The number of rotatable bonds is 8. The predicted octanol–water partition coefficient (Wildman–Crippen LogP) is 1.63. The molecule has 0 radical (unpaired) electrons. The van der Waals surface area contributed by atoms with Gasteiger partial charge in [0.25, 0.3) is 0 Å². The highest BCUT2D eigenvalue weighted by atomic mass is 32.3. The number of amidine groups is 1. The third-order valence-corrected chi connectivity index (χ3v) is 6.91. The van der Waals surface area contributed by atoms with Crippen LogP contribution in [0, 0.1) is 6.92 Å². The molecule has 2 aromatic rings. The fourth-order valence-corrected chi connectivity index (χ4v) is 4.93. The first-order valence-corrected chi connectivity index (χ1v) is 12.6. The number of hydrogen-bond acceptors (Lipinski definition) is 11. The Morgan fingerprint density at radius 3 is 2.64 bits per heavy atom. The van der Waals surface area contributed by atoms with Crippen molar-refractivity contribution in [2.75, 3.05) is 13.2 Å². The quantitative estimate of drug-likeness (QED) is 0.520. The van der Waals surface area contributed by atoms with Crippen LogP contribution in [0.4, 0.5) is 4.79 Å². The Labute approximate surface area is 206 Å². The number of aliphatic imine (C=N–C) groups is 2. The van der Waals surface area contributed by atoms with Crippen molar-refractivity contribution >= 4 is 34.3 Å². The molecule has 1 unspecified atom stereocenters. The zero-order valence-electron chi connectivity index (χ0n) is 19.2. The smallest absolute Gasteiger partial charge is 0.449 e. The molecule has 2 amide bonds. The van der Waals surface area contributed by atoms with Crippen LogP contribution in [0.25, 0.3) is 5.70 Å². The van der Waals surface area contributed by atoms with Crippen molar-refractivity contribution in [2.24, 2.45) is 15.8 Å². The van der Waals surface area contributed by atoms with Crippen LogP contribution in [0.5, 0.6) is 5.75 Å². The average molecular weight is 514 g/mol. The third kappa shape index (κ3) is 3.88. The van der Waals surface area contributed by atoms with Crippen LogP contribution >= 0.6 is 0 Å². The average Bonchev–Trinajstić information content (AvgIpc) is 3.26. The normalized spacial score (nSPS) is 21.3. The summed E-state index contributed by atoms with van der Waals surface area (Å²) >= 11 is 0. The maximum Gasteiger partial charge on any atom is 0.449 e. The number of benzene rings is 1. The van der Waals surface area contributed by atoms with Crippen LogP contribution in [0.2, 0.25) is 0 Å². The fraction of sp³-hybridized carbons (Fsp3) is 0.318. The van der Waals surface area contributed by atoms with Crippen LogP contribution in [0.15, 0.2) is 62.8 Å². The summed E-state index contributed by atoms with van der Waals surface area (Å²) in [5, 5.41) is 4.66. The molecule has 6 rings (SSSR count). The zero-order valence-corrected chi connectivity index (χ0v) is 20.0. The van der Waals surface area contributed by atoms with Crippen LogP contribution < -0.4 is 10.0 Å². The molecule has 14 heteroatoms. The van der Waals surface area contributed by atoms with E-state index in [2.05, 4.69) is 9.98 Å². The number of furan rings is 1. The number of carbonyl (C=O) groups is 1. The van der Waals surface area contributed by atoms with Gasteiger partial charge in [0.05, 0.1) is 25.5 Å². The van der Waals surface area contributed by atoms with E-state index >= 15 is 0 Å². The first kappa shape index (κ1) is 22.6. The summed E-state index contributed by atoms with van der Waals surface area (Å²) in [6, 6.07) is 9.72. The second kappa shape index (κ2) is 8.36. The first-order valence-electron chi connectivity index (χ1n) is 11.3. The Kier molecular flexibility index (Phi) is 5.24. The topological polar surface area (TPSA) is 147 Å². The number of fused-ring (bicyclic) bond motifs is 3. The number of urea groups is 1. The van der Waals surface area contributed by atoms with E-state index in [4.69, 9.17) is 18.6 Å². The van der Waals surface area contributed by atoms with Gasteiger partial charge in [-0.05, 0) is 44.0 Å². The molecule has 188 valence electrons. The highest BCUT2D eigenvalue weighted by Gasteiger charge is 2.56. The lowest BCUT2D eigenvalue weighted by Gasteiger charge is -2.30. The van der Waals surface area contributed by atoms with Gasteiger partial charge >= 0.3 is 16.4 Å². The molecule has 4 heterocycles. The highest BCUT2D eigenvalue weighted by Crippen LogP contribution is 2.43. The van der Waals surface area contributed by atoms with Gasteiger partial charge in [-0.25, -0.2) is 39.8 Å². The van der Waals surface area contributed by atoms with E-state index in [0.29, 0.717) is 23.0 Å². The zero-order chi connectivity index (χ0) is 25.0. The molecule has 1 atom stereocenters. The van der Waals surface area contributed by atoms with Crippen LogP contribution in [-0.2, 0) is 14.6 Å². The minimum Gasteiger partial charge on any atom is -0.463 e. The van der Waals surface area contributed by atoms with E-state index in [-0.39, 0.29) is 31.0 Å². The number of carbonyl (C=O) groups excluding carboxylic acids is 1. The van der Waals surface area contributed by atoms with Crippen molar-refractivity contribution in [3.8, 4) is 5.75 Å². The minimum atomic E-state index is -4.34. The predicted molar refractivity (Wildman–Crippen MR) is 127 cm³/mol. The molecule has 0 spiro atoms. The van der Waals surface area contributed by atoms with Gasteiger partial charge in [0.2, 0.25) is 6.29 Å². The fourth-order valence-electron chi connectivity index (χ4n) is 4.25. The molecule has 1 saturated heterocycles. The van der Waals surface area contributed by atoms with E-state index in [1.54, 1.807) is 34.3 Å². The standard InChI is InChI=1S/C22H23N7O6S/c1-14-4-8-16(9-5-14)35-36(31,32)34-12-10-26-21-25-20-19(29(21)28(22(26)30)15-6-7-15)18(24-13-27(20)23)17-3-2-11-33-17/h2-5,8-9,11,13,15,21H,6-7,10,12,23H2,1H3. The molecular weight excluding hydrogens is 490 g/mol. The molecule has 1 saturated carbocycles. The lowest BCUT2D eigenvalue weighted by Crippen LogP contribution is -2.46. The number of nitrogens with two attached hydrogens (primary N) is 1. The SMILES string of the molecule is Cc1ccc(OS(=O)(=O)OCCN2C(=O)N(C3CC3)N3C4=C(c5ccco5)N=CN(N)C4=NC23)cc1. The van der Waals surface area contributed by atoms with Crippen molar-refractivity contribution in [2.45, 2.75) is 32.1 Å². The van der Waals surface area contributed by atoms with Crippen LogP contribution in [-0.4, -0.2) is 72.0 Å². The Hall–Kier alpha value is -3.88. The van der Waals surface area contributed by atoms with E-state index in [0.717, 1.165) is 18.4 Å². The van der Waals surface area contributed by atoms with Gasteiger partial charge in [-0.15, -0.1) is 0 Å². The van der Waals surface area contributed by atoms with E-state index in [9.17, 15) is 13.2 Å². The summed E-state index contributed by atoms with van der Waals surface area (Å²) in [5.74, 6) is 7.17. The lowest BCUT2D eigenvalue weighted by molar-refractivity contribution is 0.0551. The summed E-state index contributed by atoms with van der Waals surface area (Å²) in [5.41, 5.74) is 2.00. The monoisotopic (exact) mass is 513 g/mol. The maximum absolute atomic E-state index is 13.4. The Balaban J connectivity index is 1.23. The van der Waals surface area contributed by atoms with Crippen molar-refractivity contribution in [3.05, 3.63) is 59.7 Å². The van der Waals surface area contributed by atoms with E-state index < -0.39 is 16.7 Å². The van der Waals surface area contributed by atoms with Gasteiger partial charge in [0, 0.05) is 0 Å². The molecule has 1 aromatic heterocycles. The third-order valence-electron chi connectivity index (χ3n) is 6.06. The summed E-state index contributed by atoms with van der Waals surface area (Å²) in [6.45, 7) is 1.51. The Morgan fingerprint density at radius 1 is 1.17 bits per heavy atom. The van der Waals surface area contributed by atoms with E-state index in [1.807, 2.05) is 6.92 Å². The molecule has 0 bridgehead atoms. The Morgan fingerprint density at radius 2 is 1.94 bits per heavy atom. The summed E-state index contributed by atoms with van der Waals surface area (Å²) < 4.78 is 40.2. The van der Waals surface area contributed by atoms with Gasteiger partial charge in [-0.1, -0.05) is 17.7 Å². The largest absolute Gasteiger partial charge is 0.463 e. The number of amides is 2. The van der Waals surface area contributed by atoms with Crippen molar-refractivity contribution < 1.29 is 26.0 Å². The molecule has 3 aliphatic heterocycles. The summed E-state index contributed by atoms with van der Waals surface area (Å²) in [6.07, 6.45) is 3.87. The number of aryl methyl sites for hydroxylation is 1. The molecule has 2 fully saturated rings. The molecule has 36 heavy (non-hydrogen) atoms. The van der Waals surface area contributed by atoms with Crippen molar-refractivity contribution in [1.82, 2.24) is 19.9 Å². The van der Waals surface area contributed by atoms with Crippen molar-refractivity contribution in [3.63, 3.8) is 0 Å². The van der Waals surface area contributed by atoms with Crippen LogP contribution in [0.1, 0.15) is 24.2 Å². The molecule has 13 nitrogen and oxygen atoms in total. The van der Waals surface area contributed by atoms with Crippen LogP contribution in [0.3, 0.4) is 0 Å². The Bertz CT molecular complexity index is 1380. The minimum absolute atomic E-state index is 0.00319.